The van der Waals surface area contributed by atoms with Gasteiger partial charge in [-0.15, -0.1) is 0 Å². The summed E-state index contributed by atoms with van der Waals surface area (Å²) in [5.41, 5.74) is 4.38. The van der Waals surface area contributed by atoms with Gasteiger partial charge in [0, 0.05) is 23.5 Å². The first kappa shape index (κ1) is 18.9. The average molecular weight is 425 g/mol. The zero-order chi connectivity index (χ0) is 16.5. The van der Waals surface area contributed by atoms with Gasteiger partial charge < -0.3 is 0 Å². The Balaban J connectivity index is 0.000000173. The third-order valence-corrected chi connectivity index (χ3v) is 3.47. The molecule has 0 atom stereocenters. The summed E-state index contributed by atoms with van der Waals surface area (Å²) in [4.78, 5) is 8.50. The number of aromatic nitrogens is 2. The number of hydrogen-bond acceptors (Lipinski definition) is 2. The van der Waals surface area contributed by atoms with E-state index in [1.54, 1.807) is 0 Å². The molecular weight excluding hydrogens is 407 g/mol. The first-order valence-electron chi connectivity index (χ1n) is 7.86. The first-order chi connectivity index (χ1) is 11.9. The van der Waals surface area contributed by atoms with Crippen LogP contribution in [-0.2, 0) is 0 Å². The second kappa shape index (κ2) is 10.5. The molecular formula is C22H18InN2+3. The van der Waals surface area contributed by atoms with E-state index in [1.807, 2.05) is 85.2 Å². The molecule has 0 spiro atoms. The fourth-order valence-corrected chi connectivity index (χ4v) is 2.28. The molecule has 0 radical (unpaired) electrons. The van der Waals surface area contributed by atoms with Gasteiger partial charge in [0.05, 0.1) is 11.4 Å². The Kier molecular flexibility index (Phi) is 7.93. The second-order valence-corrected chi connectivity index (χ2v) is 5.16. The minimum Gasteiger partial charge on any atom is -0.256 e. The maximum Gasteiger partial charge on any atom is 3.00 e. The van der Waals surface area contributed by atoms with Gasteiger partial charge in [-0.2, -0.15) is 0 Å². The topological polar surface area (TPSA) is 25.8 Å². The Hall–Kier alpha value is -2.39. The van der Waals surface area contributed by atoms with Crippen molar-refractivity contribution < 1.29 is 0 Å². The number of hydrogen-bond donors (Lipinski definition) is 0. The summed E-state index contributed by atoms with van der Waals surface area (Å²) in [7, 11) is 0. The number of benzene rings is 2. The van der Waals surface area contributed by atoms with E-state index in [1.165, 1.54) is 0 Å². The molecule has 4 rings (SSSR count). The monoisotopic (exact) mass is 425 g/mol. The van der Waals surface area contributed by atoms with Crippen molar-refractivity contribution in [3.63, 3.8) is 0 Å². The molecule has 0 N–H and O–H groups in total. The Bertz CT molecular complexity index is 686. The Morgan fingerprint density at radius 3 is 1.08 bits per heavy atom. The maximum absolute atomic E-state index is 4.25. The van der Waals surface area contributed by atoms with Gasteiger partial charge in [0.2, 0.25) is 0 Å². The van der Waals surface area contributed by atoms with E-state index in [0.717, 1.165) is 22.5 Å². The summed E-state index contributed by atoms with van der Waals surface area (Å²) in [6.07, 6.45) is 3.62. The predicted octanol–water partition coefficient (Wildman–Crippen LogP) is 5.12. The van der Waals surface area contributed by atoms with Crippen LogP contribution in [0.2, 0.25) is 0 Å². The van der Waals surface area contributed by atoms with Crippen molar-refractivity contribution in [2.45, 2.75) is 0 Å². The minimum absolute atomic E-state index is 0. The van der Waals surface area contributed by atoms with E-state index in [9.17, 15) is 0 Å². The summed E-state index contributed by atoms with van der Waals surface area (Å²) >= 11 is 0. The van der Waals surface area contributed by atoms with E-state index < -0.39 is 0 Å². The Morgan fingerprint density at radius 2 is 0.760 bits per heavy atom. The van der Waals surface area contributed by atoms with Gasteiger partial charge in [-0.25, -0.2) is 0 Å². The maximum atomic E-state index is 4.25. The minimum atomic E-state index is 0. The van der Waals surface area contributed by atoms with Crippen molar-refractivity contribution in [1.29, 1.82) is 0 Å². The van der Waals surface area contributed by atoms with E-state index in [0.29, 0.717) is 0 Å². The molecule has 0 saturated carbocycles. The largest absolute Gasteiger partial charge is 3.00 e. The molecule has 116 valence electrons. The van der Waals surface area contributed by atoms with Crippen molar-refractivity contribution in [3.05, 3.63) is 109 Å². The van der Waals surface area contributed by atoms with Crippen LogP contribution in [0, 0.1) is 0 Å². The summed E-state index contributed by atoms with van der Waals surface area (Å²) in [5, 5.41) is 0. The van der Waals surface area contributed by atoms with Gasteiger partial charge in [-0.05, 0) is 24.3 Å². The van der Waals surface area contributed by atoms with Crippen LogP contribution in [-0.4, -0.2) is 35.8 Å². The van der Waals surface area contributed by atoms with Crippen LogP contribution in [0.3, 0.4) is 0 Å². The Morgan fingerprint density at radius 1 is 0.400 bits per heavy atom. The van der Waals surface area contributed by atoms with Crippen LogP contribution in [0.5, 0.6) is 0 Å². The third-order valence-electron chi connectivity index (χ3n) is 3.47. The number of nitrogens with zero attached hydrogens (tertiary/aromatic N) is 2. The molecule has 25 heavy (non-hydrogen) atoms. The van der Waals surface area contributed by atoms with Crippen LogP contribution in [0.1, 0.15) is 0 Å². The quantitative estimate of drug-likeness (QED) is 0.446. The van der Waals surface area contributed by atoms with Crippen molar-refractivity contribution in [3.8, 4) is 22.5 Å². The molecule has 2 heterocycles. The zero-order valence-corrected chi connectivity index (χ0v) is 17.2. The van der Waals surface area contributed by atoms with Crippen LogP contribution < -0.4 is 0 Å². The van der Waals surface area contributed by atoms with Crippen molar-refractivity contribution in [2.24, 2.45) is 0 Å². The Labute approximate surface area is 167 Å². The second-order valence-electron chi connectivity index (χ2n) is 5.16. The van der Waals surface area contributed by atoms with Gasteiger partial charge in [-0.3, -0.25) is 9.97 Å². The third kappa shape index (κ3) is 5.88. The van der Waals surface area contributed by atoms with Crippen LogP contribution in [0.4, 0.5) is 0 Å². The molecule has 0 unspecified atom stereocenters. The SMILES string of the molecule is [In+3].c1ccc(-c2ccccn2)cc1.c1ccc(-c2ccccn2)cc1. The van der Waals surface area contributed by atoms with Crippen molar-refractivity contribution >= 4 is 25.8 Å². The van der Waals surface area contributed by atoms with E-state index in [2.05, 4.69) is 34.2 Å². The average Bonchev–Trinajstić information content (AvgIpc) is 2.71. The molecule has 2 nitrogen and oxygen atoms in total. The van der Waals surface area contributed by atoms with Crippen LogP contribution in [0.15, 0.2) is 109 Å². The summed E-state index contributed by atoms with van der Waals surface area (Å²) in [6, 6.07) is 32.2. The molecule has 3 heteroatoms. The molecule has 0 bridgehead atoms. The van der Waals surface area contributed by atoms with Crippen LogP contribution in [0.25, 0.3) is 22.5 Å². The van der Waals surface area contributed by atoms with E-state index in [-0.39, 0.29) is 25.8 Å². The van der Waals surface area contributed by atoms with Gasteiger partial charge in [-0.1, -0.05) is 72.8 Å². The van der Waals surface area contributed by atoms with Gasteiger partial charge in [0.25, 0.3) is 0 Å². The number of pyridine rings is 2. The van der Waals surface area contributed by atoms with Crippen molar-refractivity contribution in [1.82, 2.24) is 9.97 Å². The van der Waals surface area contributed by atoms with E-state index >= 15 is 0 Å². The molecule has 0 saturated heterocycles. The predicted molar refractivity (Wildman–Crippen MR) is 105 cm³/mol. The molecule has 0 aliphatic rings. The number of rotatable bonds is 2. The van der Waals surface area contributed by atoms with Gasteiger partial charge in [0.1, 0.15) is 0 Å². The fraction of sp³-hybridized carbons (Fsp3) is 0. The van der Waals surface area contributed by atoms with E-state index in [4.69, 9.17) is 0 Å². The molecule has 0 aliphatic heterocycles. The zero-order valence-electron chi connectivity index (χ0n) is 13.9. The molecule has 0 fully saturated rings. The fourth-order valence-electron chi connectivity index (χ4n) is 2.28. The molecule has 2 aromatic carbocycles. The summed E-state index contributed by atoms with van der Waals surface area (Å²) in [6.45, 7) is 0. The van der Waals surface area contributed by atoms with Crippen molar-refractivity contribution in [2.75, 3.05) is 0 Å². The summed E-state index contributed by atoms with van der Waals surface area (Å²) < 4.78 is 0. The van der Waals surface area contributed by atoms with Gasteiger partial charge in [0.15, 0.2) is 0 Å². The first-order valence-corrected chi connectivity index (χ1v) is 7.86. The smallest absolute Gasteiger partial charge is 0.256 e. The molecule has 4 aromatic rings. The summed E-state index contributed by atoms with van der Waals surface area (Å²) in [5.74, 6) is 0. The molecule has 0 amide bonds. The van der Waals surface area contributed by atoms with Gasteiger partial charge >= 0.3 is 25.8 Å². The standard InChI is InChI=1S/2C11H9N.In/c2*1-2-6-10(7-3-1)11-8-4-5-9-12-11;/h2*1-9H;/q;;+3. The molecule has 2 aromatic heterocycles. The normalized spacial score (nSPS) is 9.28. The van der Waals surface area contributed by atoms with Crippen LogP contribution >= 0.6 is 0 Å². The molecule has 0 aliphatic carbocycles.